The molecule has 3 aromatic carbocycles. The number of carbonyl (C=O) groups excluding carboxylic acids is 1. The molecule has 3 aromatic rings. The first-order chi connectivity index (χ1) is 14.3. The number of carbonyl (C=O) groups is 1. The number of nitrogens with zero attached hydrogens (tertiary/aromatic N) is 1. The van der Waals surface area contributed by atoms with Gasteiger partial charge in [0.15, 0.2) is 0 Å². The Bertz CT molecular complexity index is 1220. The van der Waals surface area contributed by atoms with E-state index in [1.165, 1.54) is 36.5 Å². The highest BCUT2D eigenvalue weighted by Gasteiger charge is 2.15. The third kappa shape index (κ3) is 5.60. The number of esters is 1. The van der Waals surface area contributed by atoms with Gasteiger partial charge in [0, 0.05) is 15.1 Å². The molecule has 154 valence electrons. The lowest BCUT2D eigenvalue weighted by Crippen LogP contribution is -2.18. The molecule has 0 amide bonds. The van der Waals surface area contributed by atoms with E-state index in [0.717, 1.165) is 0 Å². The zero-order valence-electron chi connectivity index (χ0n) is 15.1. The molecule has 1 N–H and O–H groups in total. The first kappa shape index (κ1) is 22.3. The summed E-state index contributed by atoms with van der Waals surface area (Å²) in [6.45, 7) is 0. The summed E-state index contributed by atoms with van der Waals surface area (Å²) in [6, 6.07) is 17.0. The highest BCUT2D eigenvalue weighted by atomic mass is 79.9. The number of halogens is 3. The van der Waals surface area contributed by atoms with Crippen LogP contribution in [0.3, 0.4) is 0 Å². The van der Waals surface area contributed by atoms with Crippen LogP contribution < -0.4 is 9.57 Å². The second-order valence-corrected chi connectivity index (χ2v) is 9.28. The minimum Gasteiger partial charge on any atom is -0.422 e. The first-order valence-electron chi connectivity index (χ1n) is 8.33. The summed E-state index contributed by atoms with van der Waals surface area (Å²) in [7, 11) is -3.89. The van der Waals surface area contributed by atoms with E-state index < -0.39 is 16.0 Å². The maximum atomic E-state index is 12.4. The molecule has 10 heteroatoms. The van der Waals surface area contributed by atoms with Gasteiger partial charge in [-0.3, -0.25) is 0 Å². The first-order valence-corrected chi connectivity index (χ1v) is 11.4. The summed E-state index contributed by atoms with van der Waals surface area (Å²) in [5.41, 5.74) is 0.567. The van der Waals surface area contributed by atoms with E-state index in [0.29, 0.717) is 15.1 Å². The Hall–Kier alpha value is -2.39. The fraction of sp³-hybridized carbons (Fsp3) is 0. The van der Waals surface area contributed by atoms with Gasteiger partial charge in [0.1, 0.15) is 5.75 Å². The molecule has 0 aromatic heterocycles. The molecular formula is C20H13BrCl2N2O4S. The van der Waals surface area contributed by atoms with Gasteiger partial charge in [-0.25, -0.2) is 9.63 Å². The summed E-state index contributed by atoms with van der Waals surface area (Å²) < 4.78 is 30.7. The van der Waals surface area contributed by atoms with E-state index in [1.807, 2.05) is 0 Å². The molecule has 0 aliphatic rings. The number of nitrogens with one attached hydrogen (secondary N) is 1. The summed E-state index contributed by atoms with van der Waals surface area (Å²) >= 11 is 15.1. The standard InChI is InChI=1S/C20H13BrCl2N2O4S/c21-14-5-10-19(29-20(26)17-3-1-2-4-18(17)23)13(11-14)12-24-25-30(27,28)16-8-6-15(22)7-9-16/h1-12,25H. The van der Waals surface area contributed by atoms with Crippen molar-refractivity contribution in [1.29, 1.82) is 0 Å². The predicted octanol–water partition coefficient (Wildman–Crippen LogP) is 5.29. The number of sulfonamides is 1. The third-order valence-corrected chi connectivity index (χ3v) is 6.08. The van der Waals surface area contributed by atoms with E-state index in [1.54, 1.807) is 36.4 Å². The minimum atomic E-state index is -3.89. The van der Waals surface area contributed by atoms with Crippen LogP contribution in [0.2, 0.25) is 10.0 Å². The number of hydrogen-bond acceptors (Lipinski definition) is 5. The predicted molar refractivity (Wildman–Crippen MR) is 120 cm³/mol. The number of benzene rings is 3. The molecule has 0 atom stereocenters. The van der Waals surface area contributed by atoms with Crippen LogP contribution in [0.4, 0.5) is 0 Å². The van der Waals surface area contributed by atoms with Gasteiger partial charge in [-0.15, -0.1) is 0 Å². The summed E-state index contributed by atoms with van der Waals surface area (Å²) in [5, 5.41) is 4.45. The van der Waals surface area contributed by atoms with Crippen molar-refractivity contribution in [2.75, 3.05) is 0 Å². The second-order valence-electron chi connectivity index (χ2n) is 5.86. The lowest BCUT2D eigenvalue weighted by molar-refractivity contribution is 0.0734. The maximum absolute atomic E-state index is 12.4. The van der Waals surface area contributed by atoms with Crippen molar-refractivity contribution in [1.82, 2.24) is 4.83 Å². The Kier molecular flexibility index (Phi) is 7.14. The highest BCUT2D eigenvalue weighted by Crippen LogP contribution is 2.24. The van der Waals surface area contributed by atoms with Gasteiger partial charge in [-0.1, -0.05) is 51.3 Å². The van der Waals surface area contributed by atoms with Crippen molar-refractivity contribution in [2.45, 2.75) is 4.90 Å². The topological polar surface area (TPSA) is 84.8 Å². The van der Waals surface area contributed by atoms with Crippen molar-refractivity contribution < 1.29 is 17.9 Å². The Morgan fingerprint density at radius 3 is 2.43 bits per heavy atom. The van der Waals surface area contributed by atoms with Crippen LogP contribution in [-0.2, 0) is 10.0 Å². The van der Waals surface area contributed by atoms with Gasteiger partial charge in [-0.2, -0.15) is 13.5 Å². The fourth-order valence-corrected chi connectivity index (χ4v) is 3.84. The highest BCUT2D eigenvalue weighted by molar-refractivity contribution is 9.10. The average molecular weight is 528 g/mol. The molecule has 3 rings (SSSR count). The van der Waals surface area contributed by atoms with Gasteiger partial charge in [0.2, 0.25) is 0 Å². The number of hydrazone groups is 1. The van der Waals surface area contributed by atoms with Gasteiger partial charge in [0.25, 0.3) is 10.0 Å². The van der Waals surface area contributed by atoms with Crippen LogP contribution in [0, 0.1) is 0 Å². The number of hydrogen-bond donors (Lipinski definition) is 1. The summed E-state index contributed by atoms with van der Waals surface area (Å²) in [5.74, 6) is -0.475. The smallest absolute Gasteiger partial charge is 0.345 e. The zero-order valence-corrected chi connectivity index (χ0v) is 19.0. The van der Waals surface area contributed by atoms with E-state index in [4.69, 9.17) is 27.9 Å². The summed E-state index contributed by atoms with van der Waals surface area (Å²) in [4.78, 5) is 14.5. The molecule has 0 radical (unpaired) electrons. The van der Waals surface area contributed by atoms with Crippen molar-refractivity contribution in [3.63, 3.8) is 0 Å². The number of rotatable bonds is 6. The normalized spacial score (nSPS) is 11.4. The van der Waals surface area contributed by atoms with Crippen LogP contribution in [0.5, 0.6) is 5.75 Å². The third-order valence-electron chi connectivity index (χ3n) is 3.77. The Morgan fingerprint density at radius 1 is 1.03 bits per heavy atom. The lowest BCUT2D eigenvalue weighted by Gasteiger charge is -2.09. The molecule has 0 aliphatic heterocycles. The molecule has 30 heavy (non-hydrogen) atoms. The van der Waals surface area contributed by atoms with Crippen LogP contribution in [0.15, 0.2) is 81.2 Å². The molecule has 0 bridgehead atoms. The summed E-state index contributed by atoms with van der Waals surface area (Å²) in [6.07, 6.45) is 1.23. The van der Waals surface area contributed by atoms with Crippen molar-refractivity contribution in [2.24, 2.45) is 5.10 Å². The SMILES string of the molecule is O=C(Oc1ccc(Br)cc1C=NNS(=O)(=O)c1ccc(Cl)cc1)c1ccccc1Cl. The van der Waals surface area contributed by atoms with Crippen LogP contribution in [0.25, 0.3) is 0 Å². The lowest BCUT2D eigenvalue weighted by atomic mass is 10.2. The molecule has 0 spiro atoms. The van der Waals surface area contributed by atoms with E-state index in [9.17, 15) is 13.2 Å². The maximum Gasteiger partial charge on any atom is 0.345 e. The molecule has 0 fully saturated rings. The van der Waals surface area contributed by atoms with Crippen LogP contribution >= 0.6 is 39.1 Å². The Morgan fingerprint density at radius 2 is 1.73 bits per heavy atom. The average Bonchev–Trinajstić information content (AvgIpc) is 2.70. The van der Waals surface area contributed by atoms with Crippen molar-refractivity contribution in [3.05, 3.63) is 92.4 Å². The zero-order chi connectivity index (χ0) is 21.7. The molecule has 0 aliphatic carbocycles. The molecule has 0 heterocycles. The molecule has 0 saturated heterocycles. The second kappa shape index (κ2) is 9.61. The molecule has 0 saturated carbocycles. The van der Waals surface area contributed by atoms with Crippen molar-refractivity contribution in [3.8, 4) is 5.75 Å². The van der Waals surface area contributed by atoms with Gasteiger partial charge < -0.3 is 4.74 Å². The largest absolute Gasteiger partial charge is 0.422 e. The molecule has 0 unspecified atom stereocenters. The van der Waals surface area contributed by atoms with Gasteiger partial charge in [-0.05, 0) is 54.6 Å². The monoisotopic (exact) mass is 526 g/mol. The van der Waals surface area contributed by atoms with Crippen LogP contribution in [0.1, 0.15) is 15.9 Å². The van der Waals surface area contributed by atoms with Gasteiger partial charge >= 0.3 is 5.97 Å². The van der Waals surface area contributed by atoms with Crippen LogP contribution in [-0.4, -0.2) is 20.6 Å². The Labute approximate surface area is 191 Å². The quantitative estimate of drug-likeness (QED) is 0.204. The van der Waals surface area contributed by atoms with E-state index in [-0.39, 0.29) is 21.2 Å². The molecular weight excluding hydrogens is 515 g/mol. The number of ether oxygens (including phenoxy) is 1. The van der Waals surface area contributed by atoms with E-state index in [2.05, 4.69) is 25.9 Å². The fourth-order valence-electron chi connectivity index (χ4n) is 2.33. The van der Waals surface area contributed by atoms with Gasteiger partial charge in [0.05, 0.1) is 21.7 Å². The van der Waals surface area contributed by atoms with E-state index >= 15 is 0 Å². The van der Waals surface area contributed by atoms with Crippen molar-refractivity contribution >= 4 is 61.3 Å². The minimum absolute atomic E-state index is 0.00339. The molecule has 6 nitrogen and oxygen atoms in total. The Balaban J connectivity index is 1.81.